The van der Waals surface area contributed by atoms with Crippen molar-refractivity contribution >= 4 is 0 Å². The molecule has 1 aromatic heterocycles. The van der Waals surface area contributed by atoms with Crippen LogP contribution in [0.4, 0.5) is 0 Å². The average molecular weight is 232 g/mol. The lowest BCUT2D eigenvalue weighted by Gasteiger charge is -2.07. The van der Waals surface area contributed by atoms with Gasteiger partial charge >= 0.3 is 0 Å². The second-order valence-electron chi connectivity index (χ2n) is 3.90. The zero-order chi connectivity index (χ0) is 12.1. The van der Waals surface area contributed by atoms with E-state index in [4.69, 9.17) is 9.84 Å². The van der Waals surface area contributed by atoms with E-state index in [2.05, 4.69) is 4.98 Å². The molecule has 2 aromatic rings. The first-order valence-electron chi connectivity index (χ1n) is 5.57. The van der Waals surface area contributed by atoms with Crippen LogP contribution in [-0.4, -0.2) is 21.3 Å². The summed E-state index contributed by atoms with van der Waals surface area (Å²) in [6, 6.07) is 7.77. The van der Waals surface area contributed by atoms with Gasteiger partial charge in [-0.05, 0) is 24.1 Å². The largest absolute Gasteiger partial charge is 0.487 e. The van der Waals surface area contributed by atoms with Crippen molar-refractivity contribution in [2.24, 2.45) is 7.05 Å². The van der Waals surface area contributed by atoms with E-state index < -0.39 is 0 Å². The molecule has 1 aromatic carbocycles. The molecule has 4 heteroatoms. The predicted octanol–water partition coefficient (Wildman–Crippen LogP) is 1.53. The van der Waals surface area contributed by atoms with Crippen LogP contribution >= 0.6 is 0 Å². The van der Waals surface area contributed by atoms with Gasteiger partial charge in [-0.15, -0.1) is 0 Å². The molecular weight excluding hydrogens is 216 g/mol. The highest BCUT2D eigenvalue weighted by Crippen LogP contribution is 2.14. The minimum atomic E-state index is 0.176. The number of hydrogen-bond donors (Lipinski definition) is 1. The van der Waals surface area contributed by atoms with E-state index in [9.17, 15) is 0 Å². The second kappa shape index (κ2) is 5.50. The monoisotopic (exact) mass is 232 g/mol. The van der Waals surface area contributed by atoms with Gasteiger partial charge in [0.1, 0.15) is 12.4 Å². The summed E-state index contributed by atoms with van der Waals surface area (Å²) in [5, 5.41) is 8.81. The van der Waals surface area contributed by atoms with Gasteiger partial charge in [0.05, 0.1) is 18.2 Å². The quantitative estimate of drug-likeness (QED) is 0.850. The standard InChI is InChI=1S/C13H16N2O2/c1-15-10-14-8-12(15)9-17-13-4-2-11(3-5-13)6-7-16/h2-5,8,10,16H,6-7,9H2,1H3. The maximum atomic E-state index is 8.81. The molecule has 0 aliphatic carbocycles. The number of aryl methyl sites for hydroxylation is 1. The molecule has 90 valence electrons. The van der Waals surface area contributed by atoms with Crippen LogP contribution in [0.25, 0.3) is 0 Å². The average Bonchev–Trinajstić information content (AvgIpc) is 2.75. The number of aromatic nitrogens is 2. The molecule has 4 nitrogen and oxygen atoms in total. The first-order valence-corrected chi connectivity index (χ1v) is 5.57. The van der Waals surface area contributed by atoms with Gasteiger partial charge in [0.2, 0.25) is 0 Å². The Hall–Kier alpha value is -1.81. The normalized spacial score (nSPS) is 10.5. The lowest BCUT2D eigenvalue weighted by atomic mass is 10.1. The minimum Gasteiger partial charge on any atom is -0.487 e. The number of imidazole rings is 1. The Labute approximate surface area is 100 Å². The molecule has 0 bridgehead atoms. The lowest BCUT2D eigenvalue weighted by Crippen LogP contribution is -2.01. The topological polar surface area (TPSA) is 47.3 Å². The van der Waals surface area contributed by atoms with Crippen molar-refractivity contribution in [3.8, 4) is 5.75 Å². The predicted molar refractivity (Wildman–Crippen MR) is 64.8 cm³/mol. The van der Waals surface area contributed by atoms with E-state index in [1.54, 1.807) is 12.5 Å². The second-order valence-corrected chi connectivity index (χ2v) is 3.90. The number of aliphatic hydroxyl groups is 1. The molecule has 0 fully saturated rings. The van der Waals surface area contributed by atoms with Crippen molar-refractivity contribution in [2.75, 3.05) is 6.61 Å². The molecule has 1 N–H and O–H groups in total. The van der Waals surface area contributed by atoms with E-state index in [0.717, 1.165) is 17.0 Å². The molecule has 17 heavy (non-hydrogen) atoms. The number of hydrogen-bond acceptors (Lipinski definition) is 3. The maximum absolute atomic E-state index is 8.81. The summed E-state index contributed by atoms with van der Waals surface area (Å²) in [7, 11) is 1.94. The van der Waals surface area contributed by atoms with Gasteiger partial charge in [-0.3, -0.25) is 0 Å². The smallest absolute Gasteiger partial charge is 0.130 e. The maximum Gasteiger partial charge on any atom is 0.130 e. The number of nitrogens with zero attached hydrogens (tertiary/aromatic N) is 2. The zero-order valence-corrected chi connectivity index (χ0v) is 9.84. The Morgan fingerprint density at radius 3 is 2.65 bits per heavy atom. The molecule has 0 spiro atoms. The molecular formula is C13H16N2O2. The number of rotatable bonds is 5. The highest BCUT2D eigenvalue weighted by atomic mass is 16.5. The molecule has 0 radical (unpaired) electrons. The first kappa shape index (κ1) is 11.7. The molecule has 0 saturated heterocycles. The van der Waals surface area contributed by atoms with Gasteiger partial charge in [-0.2, -0.15) is 0 Å². The highest BCUT2D eigenvalue weighted by molar-refractivity contribution is 5.27. The third-order valence-electron chi connectivity index (χ3n) is 2.63. The van der Waals surface area contributed by atoms with Gasteiger partial charge in [-0.1, -0.05) is 12.1 Å². The molecule has 0 aliphatic rings. The van der Waals surface area contributed by atoms with Crippen LogP contribution < -0.4 is 4.74 Å². The first-order chi connectivity index (χ1) is 8.29. The number of ether oxygens (including phenoxy) is 1. The SMILES string of the molecule is Cn1cncc1COc1ccc(CCO)cc1. The van der Waals surface area contributed by atoms with E-state index in [1.165, 1.54) is 0 Å². The Bertz CT molecular complexity index is 463. The summed E-state index contributed by atoms with van der Waals surface area (Å²) >= 11 is 0. The van der Waals surface area contributed by atoms with E-state index in [0.29, 0.717) is 13.0 Å². The van der Waals surface area contributed by atoms with Crippen molar-refractivity contribution in [1.82, 2.24) is 9.55 Å². The van der Waals surface area contributed by atoms with Crippen molar-refractivity contribution in [3.63, 3.8) is 0 Å². The fourth-order valence-electron chi connectivity index (χ4n) is 1.56. The Morgan fingerprint density at radius 1 is 1.29 bits per heavy atom. The summed E-state index contributed by atoms with van der Waals surface area (Å²) in [6.07, 6.45) is 4.23. The summed E-state index contributed by atoms with van der Waals surface area (Å²) in [4.78, 5) is 4.03. The van der Waals surface area contributed by atoms with Crippen LogP contribution in [0, 0.1) is 0 Å². The Kier molecular flexibility index (Phi) is 3.77. The van der Waals surface area contributed by atoms with Crippen molar-refractivity contribution in [3.05, 3.63) is 48.0 Å². The third-order valence-corrected chi connectivity index (χ3v) is 2.63. The molecule has 0 saturated carbocycles. The van der Waals surface area contributed by atoms with Gasteiger partial charge in [-0.25, -0.2) is 4.98 Å². The lowest BCUT2D eigenvalue weighted by molar-refractivity contribution is 0.295. The molecule has 2 rings (SSSR count). The molecule has 0 atom stereocenters. The van der Waals surface area contributed by atoms with Crippen LogP contribution in [0.2, 0.25) is 0 Å². The highest BCUT2D eigenvalue weighted by Gasteiger charge is 2.00. The van der Waals surface area contributed by atoms with E-state index in [-0.39, 0.29) is 6.61 Å². The summed E-state index contributed by atoms with van der Waals surface area (Å²) in [6.45, 7) is 0.686. The van der Waals surface area contributed by atoms with E-state index in [1.807, 2.05) is 35.9 Å². The van der Waals surface area contributed by atoms with Crippen molar-refractivity contribution in [1.29, 1.82) is 0 Å². The van der Waals surface area contributed by atoms with Crippen LogP contribution in [0.5, 0.6) is 5.75 Å². The van der Waals surface area contributed by atoms with Gasteiger partial charge in [0.25, 0.3) is 0 Å². The third kappa shape index (κ3) is 3.07. The summed E-state index contributed by atoms with van der Waals surface area (Å²) in [5.41, 5.74) is 2.14. The molecule has 1 heterocycles. The van der Waals surface area contributed by atoms with Crippen LogP contribution in [0.3, 0.4) is 0 Å². The fourth-order valence-corrected chi connectivity index (χ4v) is 1.56. The van der Waals surface area contributed by atoms with Crippen molar-refractivity contribution in [2.45, 2.75) is 13.0 Å². The molecule has 0 aliphatic heterocycles. The van der Waals surface area contributed by atoms with Gasteiger partial charge < -0.3 is 14.4 Å². The Balaban J connectivity index is 1.93. The Morgan fingerprint density at radius 2 is 2.06 bits per heavy atom. The molecule has 0 amide bonds. The summed E-state index contributed by atoms with van der Waals surface area (Å²) in [5.74, 6) is 0.827. The van der Waals surface area contributed by atoms with Crippen LogP contribution in [-0.2, 0) is 20.1 Å². The molecule has 0 unspecified atom stereocenters. The fraction of sp³-hybridized carbons (Fsp3) is 0.308. The zero-order valence-electron chi connectivity index (χ0n) is 9.84. The van der Waals surface area contributed by atoms with E-state index >= 15 is 0 Å². The van der Waals surface area contributed by atoms with Crippen molar-refractivity contribution < 1.29 is 9.84 Å². The van der Waals surface area contributed by atoms with Gasteiger partial charge in [0, 0.05) is 13.7 Å². The number of aliphatic hydroxyl groups excluding tert-OH is 1. The van der Waals surface area contributed by atoms with Crippen LogP contribution in [0.15, 0.2) is 36.8 Å². The van der Waals surface area contributed by atoms with Gasteiger partial charge in [0.15, 0.2) is 0 Å². The number of benzene rings is 1. The van der Waals surface area contributed by atoms with Crippen LogP contribution in [0.1, 0.15) is 11.3 Å². The minimum absolute atomic E-state index is 0.176. The summed E-state index contributed by atoms with van der Waals surface area (Å²) < 4.78 is 7.57.